The van der Waals surface area contributed by atoms with Crippen molar-refractivity contribution in [1.82, 2.24) is 5.32 Å². The van der Waals surface area contributed by atoms with E-state index in [4.69, 9.17) is 4.74 Å². The van der Waals surface area contributed by atoms with Gasteiger partial charge in [0.15, 0.2) is 0 Å². The molecule has 6 nitrogen and oxygen atoms in total. The first-order valence-corrected chi connectivity index (χ1v) is 27.0. The fourth-order valence-corrected chi connectivity index (χ4v) is 7.96. The van der Waals surface area contributed by atoms with Crippen LogP contribution in [0.15, 0.2) is 60.8 Å². The van der Waals surface area contributed by atoms with Gasteiger partial charge >= 0.3 is 5.97 Å². The summed E-state index contributed by atoms with van der Waals surface area (Å²) in [6, 6.07) is -0.714. The minimum atomic E-state index is -0.799. The Kier molecular flexibility index (Phi) is 48.6. The number of esters is 1. The van der Waals surface area contributed by atoms with Crippen molar-refractivity contribution in [1.29, 1.82) is 0 Å². The van der Waals surface area contributed by atoms with E-state index in [9.17, 15) is 19.8 Å². The third-order valence-electron chi connectivity index (χ3n) is 12.1. The number of amides is 1. The third kappa shape index (κ3) is 45.9. The van der Waals surface area contributed by atoms with Gasteiger partial charge in [0.25, 0.3) is 0 Å². The minimum Gasteiger partial charge on any atom is -0.462 e. The van der Waals surface area contributed by atoms with Gasteiger partial charge < -0.3 is 20.3 Å². The molecule has 0 aliphatic carbocycles. The molecule has 0 rings (SSSR count). The zero-order chi connectivity index (χ0) is 45.9. The van der Waals surface area contributed by atoms with Crippen LogP contribution in [0.2, 0.25) is 0 Å². The van der Waals surface area contributed by atoms with Crippen LogP contribution in [0, 0.1) is 0 Å². The molecule has 6 heteroatoms. The Labute approximate surface area is 390 Å². The Balaban J connectivity index is 4.62. The van der Waals surface area contributed by atoms with Gasteiger partial charge in [-0.3, -0.25) is 9.59 Å². The van der Waals surface area contributed by atoms with E-state index >= 15 is 0 Å². The second kappa shape index (κ2) is 50.6. The van der Waals surface area contributed by atoms with Crippen molar-refractivity contribution in [2.45, 2.75) is 283 Å². The van der Waals surface area contributed by atoms with Crippen LogP contribution in [0.25, 0.3) is 0 Å². The largest absolute Gasteiger partial charge is 0.462 e. The predicted octanol–water partition coefficient (Wildman–Crippen LogP) is 16.4. The first kappa shape index (κ1) is 60.6. The van der Waals surface area contributed by atoms with Gasteiger partial charge in [0.1, 0.15) is 6.10 Å². The Morgan fingerprint density at radius 2 is 0.857 bits per heavy atom. The molecule has 0 aromatic rings. The summed E-state index contributed by atoms with van der Waals surface area (Å²) in [6.07, 6.45) is 62.7. The normalized spacial score (nSPS) is 13.7. The maximum Gasteiger partial charge on any atom is 0.306 e. The second-order valence-corrected chi connectivity index (χ2v) is 18.3. The van der Waals surface area contributed by atoms with Crippen LogP contribution in [0.1, 0.15) is 265 Å². The summed E-state index contributed by atoms with van der Waals surface area (Å²) in [5.41, 5.74) is 0. The lowest BCUT2D eigenvalue weighted by atomic mass is 10.0. The van der Waals surface area contributed by atoms with Gasteiger partial charge in [-0.1, -0.05) is 223 Å². The molecule has 366 valence electrons. The summed E-state index contributed by atoms with van der Waals surface area (Å²) in [6.45, 7) is 6.42. The first-order valence-electron chi connectivity index (χ1n) is 27.0. The monoisotopic (exact) mass is 882 g/mol. The van der Waals surface area contributed by atoms with Gasteiger partial charge in [-0.15, -0.1) is 0 Å². The van der Waals surface area contributed by atoms with Crippen LogP contribution < -0.4 is 5.32 Å². The molecule has 3 atom stereocenters. The Morgan fingerprint density at radius 3 is 1.35 bits per heavy atom. The SMILES string of the molecule is CCCCC/C=C\C/C=C\C/C=C\CCCCCCC(=O)OC(CCCCCC/C=C/C=C/CCCCC)CC(=O)NC(CO)C(O)CCCCCCCCCCCCCCCC. The molecule has 1 amide bonds. The molecular formula is C57H103NO5. The topological polar surface area (TPSA) is 95.9 Å². The lowest BCUT2D eigenvalue weighted by Crippen LogP contribution is -2.46. The van der Waals surface area contributed by atoms with Crippen molar-refractivity contribution >= 4 is 11.9 Å². The number of rotatable bonds is 48. The molecule has 0 bridgehead atoms. The number of nitrogens with one attached hydrogen (secondary N) is 1. The highest BCUT2D eigenvalue weighted by Gasteiger charge is 2.24. The van der Waals surface area contributed by atoms with Gasteiger partial charge in [-0.25, -0.2) is 0 Å². The van der Waals surface area contributed by atoms with Crippen molar-refractivity contribution in [2.24, 2.45) is 0 Å². The van der Waals surface area contributed by atoms with E-state index in [1.54, 1.807) is 0 Å². The molecule has 3 N–H and O–H groups in total. The van der Waals surface area contributed by atoms with Gasteiger partial charge in [-0.05, 0) is 89.9 Å². The molecule has 0 aromatic carbocycles. The zero-order valence-corrected chi connectivity index (χ0v) is 41.7. The molecule has 0 aromatic heterocycles. The third-order valence-corrected chi connectivity index (χ3v) is 12.1. The van der Waals surface area contributed by atoms with Crippen molar-refractivity contribution < 1.29 is 24.5 Å². The summed E-state index contributed by atoms with van der Waals surface area (Å²) in [7, 11) is 0. The smallest absolute Gasteiger partial charge is 0.306 e. The van der Waals surface area contributed by atoms with Crippen LogP contribution in [0.5, 0.6) is 0 Å². The summed E-state index contributed by atoms with van der Waals surface area (Å²) < 4.78 is 5.92. The van der Waals surface area contributed by atoms with Crippen molar-refractivity contribution in [3.63, 3.8) is 0 Å². The number of aliphatic hydroxyl groups excluding tert-OH is 2. The zero-order valence-electron chi connectivity index (χ0n) is 41.7. The number of hydrogen-bond donors (Lipinski definition) is 3. The van der Waals surface area contributed by atoms with Crippen LogP contribution >= 0.6 is 0 Å². The maximum atomic E-state index is 13.2. The highest BCUT2D eigenvalue weighted by molar-refractivity contribution is 5.77. The fraction of sp³-hybridized carbons (Fsp3) is 0.789. The van der Waals surface area contributed by atoms with E-state index < -0.39 is 18.2 Å². The summed E-state index contributed by atoms with van der Waals surface area (Å²) in [5.74, 6) is -0.516. The molecule has 0 radical (unpaired) electrons. The van der Waals surface area contributed by atoms with E-state index in [1.165, 1.54) is 116 Å². The molecule has 0 saturated heterocycles. The van der Waals surface area contributed by atoms with E-state index in [-0.39, 0.29) is 24.9 Å². The molecule has 0 heterocycles. The van der Waals surface area contributed by atoms with Gasteiger partial charge in [0.05, 0.1) is 25.2 Å². The van der Waals surface area contributed by atoms with E-state index in [0.29, 0.717) is 19.3 Å². The maximum absolute atomic E-state index is 13.2. The first-order chi connectivity index (χ1) is 31.0. The summed E-state index contributed by atoms with van der Waals surface area (Å²) in [5, 5.41) is 23.8. The minimum absolute atomic E-state index is 0.0540. The number of allylic oxidation sites excluding steroid dienone is 10. The van der Waals surface area contributed by atoms with E-state index in [1.807, 2.05) is 0 Å². The predicted molar refractivity (Wildman–Crippen MR) is 273 cm³/mol. The highest BCUT2D eigenvalue weighted by Crippen LogP contribution is 2.17. The number of hydrogen-bond acceptors (Lipinski definition) is 5. The molecule has 0 aliphatic heterocycles. The van der Waals surface area contributed by atoms with Crippen LogP contribution in [0.4, 0.5) is 0 Å². The highest BCUT2D eigenvalue weighted by atomic mass is 16.5. The van der Waals surface area contributed by atoms with Crippen molar-refractivity contribution in [3.05, 3.63) is 60.8 Å². The van der Waals surface area contributed by atoms with E-state index in [2.05, 4.69) is 86.8 Å². The van der Waals surface area contributed by atoms with Crippen LogP contribution in [-0.2, 0) is 14.3 Å². The number of carbonyl (C=O) groups excluding carboxylic acids is 2. The van der Waals surface area contributed by atoms with Gasteiger partial charge in [0, 0.05) is 6.42 Å². The number of carbonyl (C=O) groups is 2. The summed E-state index contributed by atoms with van der Waals surface area (Å²) >= 11 is 0. The number of ether oxygens (including phenoxy) is 1. The molecule has 0 saturated carbocycles. The lowest BCUT2D eigenvalue weighted by Gasteiger charge is -2.24. The second-order valence-electron chi connectivity index (χ2n) is 18.3. The quantitative estimate of drug-likeness (QED) is 0.0245. The van der Waals surface area contributed by atoms with Gasteiger partial charge in [-0.2, -0.15) is 0 Å². The Hall–Kier alpha value is -2.44. The lowest BCUT2D eigenvalue weighted by molar-refractivity contribution is -0.151. The van der Waals surface area contributed by atoms with Gasteiger partial charge in [0.2, 0.25) is 5.91 Å². The van der Waals surface area contributed by atoms with Crippen LogP contribution in [-0.4, -0.2) is 46.9 Å². The molecule has 63 heavy (non-hydrogen) atoms. The van der Waals surface area contributed by atoms with Crippen molar-refractivity contribution in [2.75, 3.05) is 6.61 Å². The Morgan fingerprint density at radius 1 is 0.476 bits per heavy atom. The molecule has 0 spiro atoms. The number of unbranched alkanes of at least 4 members (excludes halogenated alkanes) is 27. The molecule has 0 aliphatic rings. The van der Waals surface area contributed by atoms with Crippen molar-refractivity contribution in [3.8, 4) is 0 Å². The molecule has 0 fully saturated rings. The average molecular weight is 882 g/mol. The molecular weight excluding hydrogens is 779 g/mol. The number of aliphatic hydroxyl groups is 2. The average Bonchev–Trinajstić information content (AvgIpc) is 3.28. The Bertz CT molecular complexity index is 1130. The summed E-state index contributed by atoms with van der Waals surface area (Å²) in [4.78, 5) is 26.2. The van der Waals surface area contributed by atoms with Crippen LogP contribution in [0.3, 0.4) is 0 Å². The fourth-order valence-electron chi connectivity index (χ4n) is 7.96. The molecule has 3 unspecified atom stereocenters. The standard InChI is InChI=1S/C57H103NO5/c1-4-7-10-13-16-19-22-25-27-28-29-32-35-38-41-44-47-50-57(62)63-53(48-45-42-39-36-33-30-24-21-18-15-12-9-6-3)51-56(61)58-54(52-59)55(60)49-46-43-40-37-34-31-26-23-20-17-14-11-8-5-2/h16,18-19,21,24-25,27,29-30,32,53-55,59-60H,4-15,17,20,22-23,26,28,31,33-52H2,1-3H3,(H,58,61)/b19-16-,21-18+,27-25-,30-24+,32-29-. The van der Waals surface area contributed by atoms with E-state index in [0.717, 1.165) is 103 Å².